The highest BCUT2D eigenvalue weighted by Crippen LogP contribution is 2.32. The lowest BCUT2D eigenvalue weighted by Gasteiger charge is -2.06. The third-order valence-corrected chi connectivity index (χ3v) is 4.96. The van der Waals surface area contributed by atoms with Crippen LogP contribution in [-0.2, 0) is 0 Å². The fourth-order valence-electron chi connectivity index (χ4n) is 2.39. The Bertz CT molecular complexity index is 1020. The van der Waals surface area contributed by atoms with Crippen LogP contribution in [0.2, 0.25) is 0 Å². The van der Waals surface area contributed by atoms with Gasteiger partial charge in [-0.15, -0.1) is 0 Å². The Morgan fingerprint density at radius 3 is 2.46 bits per heavy atom. The molecular weight excluding hydrogens is 374 g/mol. The van der Waals surface area contributed by atoms with Gasteiger partial charge in [-0.25, -0.2) is 5.43 Å². The van der Waals surface area contributed by atoms with Crippen LogP contribution in [0.5, 0.6) is 0 Å². The SMILES string of the molecule is Cc1ccc(Sc2ccc([N+](=O)[O-])cc2/C=N/NC(=O)c2ccccc2)cc1. The first kappa shape index (κ1) is 19.3. The maximum atomic E-state index is 12.1. The summed E-state index contributed by atoms with van der Waals surface area (Å²) in [6.45, 7) is 2.01. The van der Waals surface area contributed by atoms with E-state index in [1.165, 1.54) is 30.1 Å². The topological polar surface area (TPSA) is 84.6 Å². The van der Waals surface area contributed by atoms with Crippen molar-refractivity contribution in [1.82, 2.24) is 5.43 Å². The van der Waals surface area contributed by atoms with Gasteiger partial charge in [0.25, 0.3) is 11.6 Å². The number of hydrogen-bond acceptors (Lipinski definition) is 5. The smallest absolute Gasteiger partial charge is 0.267 e. The summed E-state index contributed by atoms with van der Waals surface area (Å²) in [5.74, 6) is -0.352. The number of carbonyl (C=O) groups excluding carboxylic acids is 1. The van der Waals surface area contributed by atoms with Crippen molar-refractivity contribution in [3.05, 3.63) is 99.6 Å². The molecule has 0 spiro atoms. The van der Waals surface area contributed by atoms with Gasteiger partial charge in [-0.3, -0.25) is 14.9 Å². The molecule has 3 aromatic rings. The summed E-state index contributed by atoms with van der Waals surface area (Å²) in [5.41, 5.74) is 4.59. The zero-order valence-electron chi connectivity index (χ0n) is 15.0. The summed E-state index contributed by atoms with van der Waals surface area (Å²) in [6.07, 6.45) is 1.42. The van der Waals surface area contributed by atoms with Gasteiger partial charge in [-0.05, 0) is 37.3 Å². The van der Waals surface area contributed by atoms with Crippen LogP contribution in [0.1, 0.15) is 21.5 Å². The lowest BCUT2D eigenvalue weighted by molar-refractivity contribution is -0.384. The van der Waals surface area contributed by atoms with Gasteiger partial charge in [0.2, 0.25) is 0 Å². The number of nitro groups is 1. The van der Waals surface area contributed by atoms with Crippen LogP contribution in [0.25, 0.3) is 0 Å². The summed E-state index contributed by atoms with van der Waals surface area (Å²) < 4.78 is 0. The normalized spacial score (nSPS) is 10.8. The van der Waals surface area contributed by atoms with E-state index >= 15 is 0 Å². The van der Waals surface area contributed by atoms with Gasteiger partial charge in [0, 0.05) is 33.1 Å². The summed E-state index contributed by atoms with van der Waals surface area (Å²) in [7, 11) is 0. The first-order chi connectivity index (χ1) is 13.5. The van der Waals surface area contributed by atoms with Gasteiger partial charge in [0.05, 0.1) is 11.1 Å². The van der Waals surface area contributed by atoms with Crippen LogP contribution in [0.3, 0.4) is 0 Å². The van der Waals surface area contributed by atoms with Crippen molar-refractivity contribution in [3.63, 3.8) is 0 Å². The monoisotopic (exact) mass is 391 g/mol. The molecule has 3 rings (SSSR count). The largest absolute Gasteiger partial charge is 0.271 e. The molecule has 6 nitrogen and oxygen atoms in total. The minimum atomic E-state index is -0.458. The molecule has 28 heavy (non-hydrogen) atoms. The first-order valence-electron chi connectivity index (χ1n) is 8.44. The quantitative estimate of drug-likeness (QED) is 0.371. The predicted octanol–water partition coefficient (Wildman–Crippen LogP) is 4.82. The van der Waals surface area contributed by atoms with E-state index in [0.717, 1.165) is 15.4 Å². The fourth-order valence-corrected chi connectivity index (χ4v) is 3.28. The summed E-state index contributed by atoms with van der Waals surface area (Å²) in [5, 5.41) is 15.1. The average Bonchev–Trinajstić information content (AvgIpc) is 2.71. The third kappa shape index (κ3) is 5.05. The van der Waals surface area contributed by atoms with Crippen LogP contribution in [0.4, 0.5) is 5.69 Å². The number of rotatable bonds is 6. The second-order valence-electron chi connectivity index (χ2n) is 5.96. The number of aryl methyl sites for hydroxylation is 1. The highest BCUT2D eigenvalue weighted by atomic mass is 32.2. The Morgan fingerprint density at radius 1 is 1.07 bits per heavy atom. The number of amides is 1. The van der Waals surface area contributed by atoms with E-state index in [4.69, 9.17) is 0 Å². The number of non-ortho nitro benzene ring substituents is 1. The second kappa shape index (κ2) is 8.96. The molecule has 140 valence electrons. The van der Waals surface area contributed by atoms with Crippen molar-refractivity contribution in [1.29, 1.82) is 0 Å². The molecule has 0 fully saturated rings. The molecule has 0 aliphatic carbocycles. The van der Waals surface area contributed by atoms with E-state index in [1.807, 2.05) is 37.3 Å². The molecule has 0 aromatic heterocycles. The Morgan fingerprint density at radius 2 is 1.79 bits per heavy atom. The van der Waals surface area contributed by atoms with Crippen molar-refractivity contribution in [3.8, 4) is 0 Å². The molecule has 0 bridgehead atoms. The fraction of sp³-hybridized carbons (Fsp3) is 0.0476. The number of benzene rings is 3. The van der Waals surface area contributed by atoms with Crippen molar-refractivity contribution in [2.45, 2.75) is 16.7 Å². The molecule has 0 radical (unpaired) electrons. The van der Waals surface area contributed by atoms with Gasteiger partial charge < -0.3 is 0 Å². The van der Waals surface area contributed by atoms with E-state index in [1.54, 1.807) is 30.3 Å². The Kier molecular flexibility index (Phi) is 6.18. The van der Waals surface area contributed by atoms with Gasteiger partial charge >= 0.3 is 0 Å². The average molecular weight is 391 g/mol. The van der Waals surface area contributed by atoms with Gasteiger partial charge in [-0.1, -0.05) is 47.7 Å². The van der Waals surface area contributed by atoms with Crippen LogP contribution >= 0.6 is 11.8 Å². The van der Waals surface area contributed by atoms with Crippen molar-refractivity contribution in [2.24, 2.45) is 5.10 Å². The van der Waals surface area contributed by atoms with E-state index in [-0.39, 0.29) is 11.6 Å². The molecule has 0 heterocycles. The Labute approximate surface area is 166 Å². The molecule has 0 aliphatic rings. The molecule has 1 N–H and O–H groups in total. The maximum absolute atomic E-state index is 12.1. The highest BCUT2D eigenvalue weighted by molar-refractivity contribution is 7.99. The number of hydrazone groups is 1. The summed E-state index contributed by atoms with van der Waals surface area (Å²) >= 11 is 1.47. The minimum Gasteiger partial charge on any atom is -0.267 e. The molecule has 0 unspecified atom stereocenters. The number of carbonyl (C=O) groups is 1. The molecule has 0 atom stereocenters. The predicted molar refractivity (Wildman–Crippen MR) is 110 cm³/mol. The van der Waals surface area contributed by atoms with Crippen molar-refractivity contribution < 1.29 is 9.72 Å². The minimum absolute atomic E-state index is 0.0379. The zero-order valence-corrected chi connectivity index (χ0v) is 15.8. The molecule has 0 saturated heterocycles. The Balaban J connectivity index is 1.82. The van der Waals surface area contributed by atoms with Crippen LogP contribution in [-0.4, -0.2) is 17.0 Å². The van der Waals surface area contributed by atoms with Gasteiger partial charge in [0.15, 0.2) is 0 Å². The summed E-state index contributed by atoms with van der Waals surface area (Å²) in [6, 6.07) is 21.2. The second-order valence-corrected chi connectivity index (χ2v) is 7.07. The van der Waals surface area contributed by atoms with Crippen LogP contribution in [0.15, 0.2) is 87.7 Å². The molecule has 7 heteroatoms. The van der Waals surface area contributed by atoms with Crippen LogP contribution < -0.4 is 5.43 Å². The van der Waals surface area contributed by atoms with Crippen molar-refractivity contribution in [2.75, 3.05) is 0 Å². The first-order valence-corrected chi connectivity index (χ1v) is 9.26. The van der Waals surface area contributed by atoms with E-state index in [0.29, 0.717) is 11.1 Å². The molecule has 0 saturated carbocycles. The molecule has 0 aliphatic heterocycles. The number of nitrogens with zero attached hydrogens (tertiary/aromatic N) is 2. The molecular formula is C21H17N3O3S. The molecule has 3 aromatic carbocycles. The highest BCUT2D eigenvalue weighted by Gasteiger charge is 2.11. The number of nitro benzene ring substituents is 1. The standard InChI is InChI=1S/C21H17N3O3S/c1-15-7-10-19(11-8-15)28-20-12-9-18(24(26)27)13-17(20)14-22-23-21(25)16-5-3-2-4-6-16/h2-14H,1H3,(H,23,25)/b22-14+. The maximum Gasteiger partial charge on any atom is 0.271 e. The van der Waals surface area contributed by atoms with Crippen molar-refractivity contribution >= 4 is 29.6 Å². The van der Waals surface area contributed by atoms with Gasteiger partial charge in [-0.2, -0.15) is 5.10 Å². The van der Waals surface area contributed by atoms with Crippen LogP contribution in [0, 0.1) is 17.0 Å². The van der Waals surface area contributed by atoms with E-state index < -0.39 is 4.92 Å². The third-order valence-electron chi connectivity index (χ3n) is 3.86. The summed E-state index contributed by atoms with van der Waals surface area (Å²) in [4.78, 5) is 24.5. The number of nitrogens with one attached hydrogen (secondary N) is 1. The zero-order chi connectivity index (χ0) is 19.9. The molecule has 1 amide bonds. The lowest BCUT2D eigenvalue weighted by Crippen LogP contribution is -2.17. The lowest BCUT2D eigenvalue weighted by atomic mass is 10.2. The Hall–Kier alpha value is -3.45. The number of hydrogen-bond donors (Lipinski definition) is 1. The van der Waals surface area contributed by atoms with E-state index in [2.05, 4.69) is 10.5 Å². The van der Waals surface area contributed by atoms with E-state index in [9.17, 15) is 14.9 Å². The van der Waals surface area contributed by atoms with Gasteiger partial charge in [0.1, 0.15) is 0 Å².